The Morgan fingerprint density at radius 1 is 1.15 bits per heavy atom. The molecule has 0 fully saturated rings. The van der Waals surface area contributed by atoms with Gasteiger partial charge in [-0.05, 0) is 25.1 Å². The van der Waals surface area contributed by atoms with Crippen LogP contribution >= 0.6 is 11.8 Å². The number of aryl methyl sites for hydroxylation is 1. The van der Waals surface area contributed by atoms with Crippen LogP contribution in [0, 0.1) is 17.0 Å². The summed E-state index contributed by atoms with van der Waals surface area (Å²) in [6.45, 7) is 1.97. The lowest BCUT2D eigenvalue weighted by molar-refractivity contribution is -0.384. The molecule has 0 unspecified atom stereocenters. The van der Waals surface area contributed by atoms with Crippen LogP contribution < -0.4 is 15.6 Å². The minimum absolute atomic E-state index is 0.0480. The van der Waals surface area contributed by atoms with Gasteiger partial charge in [-0.15, -0.1) is 11.8 Å². The van der Waals surface area contributed by atoms with Crippen molar-refractivity contribution in [1.29, 1.82) is 0 Å². The third-order valence-corrected chi connectivity index (χ3v) is 4.36. The molecule has 0 radical (unpaired) electrons. The molecule has 0 saturated carbocycles. The molecule has 0 aliphatic heterocycles. The fourth-order valence-corrected chi connectivity index (χ4v) is 2.70. The fraction of sp³-hybridized carbons (Fsp3) is 0.176. The molecule has 8 nitrogen and oxygen atoms in total. The SMILES string of the molecule is COc1ccc([N+](=O)[O-])cc1C(=O)NNC(=O)CSc1ccc(C)cc1. The Hall–Kier alpha value is -3.07. The number of nitrogens with zero attached hydrogens (tertiary/aromatic N) is 1. The van der Waals surface area contributed by atoms with Crippen LogP contribution in [0.15, 0.2) is 47.4 Å². The van der Waals surface area contributed by atoms with Crippen molar-refractivity contribution in [3.63, 3.8) is 0 Å². The molecule has 9 heteroatoms. The van der Waals surface area contributed by atoms with E-state index in [1.165, 1.54) is 31.0 Å². The molecule has 0 heterocycles. The number of hydrogen-bond acceptors (Lipinski definition) is 6. The third-order valence-electron chi connectivity index (χ3n) is 3.34. The Balaban J connectivity index is 1.93. The highest BCUT2D eigenvalue weighted by atomic mass is 32.2. The van der Waals surface area contributed by atoms with E-state index in [9.17, 15) is 19.7 Å². The number of thioether (sulfide) groups is 1. The highest BCUT2D eigenvalue weighted by Crippen LogP contribution is 2.23. The fourth-order valence-electron chi connectivity index (χ4n) is 2.00. The second-order valence-electron chi connectivity index (χ2n) is 5.25. The topological polar surface area (TPSA) is 111 Å². The first-order valence-electron chi connectivity index (χ1n) is 7.52. The summed E-state index contributed by atoms with van der Waals surface area (Å²) in [6, 6.07) is 11.3. The van der Waals surface area contributed by atoms with Gasteiger partial charge in [0.2, 0.25) is 5.91 Å². The van der Waals surface area contributed by atoms with Crippen LogP contribution in [-0.4, -0.2) is 29.6 Å². The van der Waals surface area contributed by atoms with Crippen molar-refractivity contribution >= 4 is 29.3 Å². The summed E-state index contributed by atoms with van der Waals surface area (Å²) in [5.74, 6) is -0.848. The van der Waals surface area contributed by atoms with Gasteiger partial charge in [0.1, 0.15) is 5.75 Å². The molecule has 0 aliphatic rings. The van der Waals surface area contributed by atoms with Crippen LogP contribution in [-0.2, 0) is 4.79 Å². The van der Waals surface area contributed by atoms with E-state index in [0.717, 1.165) is 16.5 Å². The van der Waals surface area contributed by atoms with E-state index in [1.807, 2.05) is 31.2 Å². The number of nitro groups is 1. The highest BCUT2D eigenvalue weighted by molar-refractivity contribution is 8.00. The minimum atomic E-state index is -0.709. The molecule has 2 amide bonds. The number of methoxy groups -OCH3 is 1. The lowest BCUT2D eigenvalue weighted by Gasteiger charge is -2.10. The average Bonchev–Trinajstić information content (AvgIpc) is 2.65. The van der Waals surface area contributed by atoms with Crippen LogP contribution in [0.2, 0.25) is 0 Å². The van der Waals surface area contributed by atoms with Crippen LogP contribution in [0.3, 0.4) is 0 Å². The van der Waals surface area contributed by atoms with Crippen LogP contribution in [0.25, 0.3) is 0 Å². The van der Waals surface area contributed by atoms with Gasteiger partial charge in [-0.1, -0.05) is 17.7 Å². The number of carbonyl (C=O) groups is 2. The molecule has 0 atom stereocenters. The van der Waals surface area contributed by atoms with Gasteiger partial charge in [0.15, 0.2) is 0 Å². The summed E-state index contributed by atoms with van der Waals surface area (Å²) in [5, 5.41) is 10.8. The van der Waals surface area contributed by atoms with Crippen molar-refractivity contribution < 1.29 is 19.2 Å². The molecule has 26 heavy (non-hydrogen) atoms. The maximum Gasteiger partial charge on any atom is 0.273 e. The van der Waals surface area contributed by atoms with Gasteiger partial charge in [0, 0.05) is 17.0 Å². The Labute approximate surface area is 154 Å². The largest absolute Gasteiger partial charge is 0.496 e. The van der Waals surface area contributed by atoms with Crippen LogP contribution in [0.1, 0.15) is 15.9 Å². The van der Waals surface area contributed by atoms with E-state index in [-0.39, 0.29) is 22.8 Å². The average molecular weight is 375 g/mol. The number of nitrogens with one attached hydrogen (secondary N) is 2. The van der Waals surface area contributed by atoms with Gasteiger partial charge in [0.05, 0.1) is 23.3 Å². The van der Waals surface area contributed by atoms with Crippen molar-refractivity contribution in [2.24, 2.45) is 0 Å². The normalized spacial score (nSPS) is 10.1. The number of carbonyl (C=O) groups excluding carboxylic acids is 2. The molecule has 2 aromatic rings. The van der Waals surface area contributed by atoms with E-state index in [2.05, 4.69) is 10.9 Å². The van der Waals surface area contributed by atoms with E-state index in [0.29, 0.717) is 0 Å². The summed E-state index contributed by atoms with van der Waals surface area (Å²) in [5.41, 5.74) is 5.33. The number of rotatable bonds is 6. The zero-order valence-corrected chi connectivity index (χ0v) is 15.0. The van der Waals surface area contributed by atoms with E-state index >= 15 is 0 Å². The molecule has 0 saturated heterocycles. The van der Waals surface area contributed by atoms with Crippen molar-refractivity contribution in [3.05, 3.63) is 63.7 Å². The first-order valence-corrected chi connectivity index (χ1v) is 8.50. The molecule has 0 spiro atoms. The molecule has 0 aliphatic carbocycles. The van der Waals surface area contributed by atoms with Gasteiger partial charge in [-0.2, -0.15) is 0 Å². The number of non-ortho nitro benzene ring substituents is 1. The van der Waals surface area contributed by atoms with Crippen LogP contribution in [0.5, 0.6) is 5.75 Å². The van der Waals surface area contributed by atoms with Gasteiger partial charge in [-0.3, -0.25) is 30.6 Å². The number of benzene rings is 2. The number of amides is 2. The van der Waals surface area contributed by atoms with Gasteiger partial charge < -0.3 is 4.74 Å². The molecule has 0 aromatic heterocycles. The monoisotopic (exact) mass is 375 g/mol. The van der Waals surface area contributed by atoms with Crippen molar-refractivity contribution in [3.8, 4) is 5.75 Å². The second kappa shape index (κ2) is 8.86. The first kappa shape index (κ1) is 19.3. The van der Waals surface area contributed by atoms with Gasteiger partial charge in [-0.25, -0.2) is 0 Å². The lowest BCUT2D eigenvalue weighted by Crippen LogP contribution is -2.42. The third kappa shape index (κ3) is 5.21. The predicted molar refractivity (Wildman–Crippen MR) is 97.2 cm³/mol. The summed E-state index contributed by atoms with van der Waals surface area (Å²) in [4.78, 5) is 35.2. The summed E-state index contributed by atoms with van der Waals surface area (Å²) >= 11 is 1.32. The maximum atomic E-state index is 12.2. The van der Waals surface area contributed by atoms with Gasteiger partial charge >= 0.3 is 0 Å². The Morgan fingerprint density at radius 3 is 2.46 bits per heavy atom. The molecule has 0 bridgehead atoms. The summed E-state index contributed by atoms with van der Waals surface area (Å²) < 4.78 is 5.02. The molecule has 2 aromatic carbocycles. The van der Waals surface area contributed by atoms with E-state index in [4.69, 9.17) is 4.74 Å². The van der Waals surface area contributed by atoms with E-state index in [1.54, 1.807) is 0 Å². The second-order valence-corrected chi connectivity index (χ2v) is 6.29. The lowest BCUT2D eigenvalue weighted by atomic mass is 10.1. The van der Waals surface area contributed by atoms with Crippen LogP contribution in [0.4, 0.5) is 5.69 Å². The Bertz CT molecular complexity index is 824. The van der Waals surface area contributed by atoms with Crippen molar-refractivity contribution in [1.82, 2.24) is 10.9 Å². The zero-order valence-electron chi connectivity index (χ0n) is 14.1. The number of ether oxygens (including phenoxy) is 1. The summed E-state index contributed by atoms with van der Waals surface area (Å²) in [6.07, 6.45) is 0. The number of hydrazine groups is 1. The molecule has 2 rings (SSSR count). The number of nitro benzene ring substituents is 1. The number of hydrogen-bond donors (Lipinski definition) is 2. The molecular weight excluding hydrogens is 358 g/mol. The van der Waals surface area contributed by atoms with Crippen molar-refractivity contribution in [2.45, 2.75) is 11.8 Å². The molecule has 136 valence electrons. The maximum absolute atomic E-state index is 12.2. The first-order chi connectivity index (χ1) is 12.4. The highest BCUT2D eigenvalue weighted by Gasteiger charge is 2.18. The van der Waals surface area contributed by atoms with E-state index < -0.39 is 16.7 Å². The van der Waals surface area contributed by atoms with Gasteiger partial charge in [0.25, 0.3) is 11.6 Å². The zero-order chi connectivity index (χ0) is 19.1. The smallest absolute Gasteiger partial charge is 0.273 e. The predicted octanol–water partition coefficient (Wildman–Crippen LogP) is 2.47. The molecular formula is C17H17N3O5S. The Kier molecular flexibility index (Phi) is 6.56. The molecule has 2 N–H and O–H groups in total. The Morgan fingerprint density at radius 2 is 1.85 bits per heavy atom. The summed E-state index contributed by atoms with van der Waals surface area (Å²) in [7, 11) is 1.34. The van der Waals surface area contributed by atoms with Crippen molar-refractivity contribution in [2.75, 3.05) is 12.9 Å². The minimum Gasteiger partial charge on any atom is -0.496 e. The quantitative estimate of drug-likeness (QED) is 0.456. The standard InChI is InChI=1S/C17H17N3O5S/c1-11-3-6-13(7-4-11)26-10-16(21)18-19-17(22)14-9-12(20(23)24)5-8-15(14)25-2/h3-9H,10H2,1-2H3,(H,18,21)(H,19,22).